The molecule has 0 aliphatic rings. The van der Waals surface area contributed by atoms with Crippen molar-refractivity contribution in [3.63, 3.8) is 0 Å². The lowest BCUT2D eigenvalue weighted by Crippen LogP contribution is -1.96. The van der Waals surface area contributed by atoms with Gasteiger partial charge >= 0.3 is 5.97 Å². The molecule has 1 aromatic heterocycles. The van der Waals surface area contributed by atoms with E-state index in [0.717, 1.165) is 0 Å². The Morgan fingerprint density at radius 2 is 2.28 bits per heavy atom. The Morgan fingerprint density at radius 3 is 3.00 bits per heavy atom. The number of aromatic nitrogens is 2. The van der Waals surface area contributed by atoms with Crippen molar-refractivity contribution >= 4 is 28.1 Å². The number of hydrogen-bond acceptors (Lipinski definition) is 5. The van der Waals surface area contributed by atoms with Crippen molar-refractivity contribution in [1.29, 1.82) is 0 Å². The van der Waals surface area contributed by atoms with Gasteiger partial charge in [0.15, 0.2) is 0 Å². The van der Waals surface area contributed by atoms with Crippen LogP contribution in [0.1, 0.15) is 11.4 Å². The highest BCUT2D eigenvalue weighted by molar-refractivity contribution is 7.15. The Morgan fingerprint density at radius 1 is 1.44 bits per heavy atom. The molecule has 2 rings (SSSR count). The predicted octanol–water partition coefficient (Wildman–Crippen LogP) is 2.44. The highest BCUT2D eigenvalue weighted by Crippen LogP contribution is 2.21. The molecule has 0 bridgehead atoms. The minimum absolute atomic E-state index is 0.0224. The van der Waals surface area contributed by atoms with Crippen LogP contribution in [0.15, 0.2) is 24.3 Å². The fourth-order valence-electron chi connectivity index (χ4n) is 1.31. The van der Waals surface area contributed by atoms with Crippen LogP contribution in [0.4, 0.5) is 15.2 Å². The Labute approximate surface area is 106 Å². The number of halogens is 1. The average Bonchev–Trinajstić information content (AvgIpc) is 2.74. The molecular formula is C11H10FN3O2S. The monoisotopic (exact) mass is 267 g/mol. The number of aryl methyl sites for hydroxylation is 1. The Bertz CT molecular complexity index is 559. The lowest BCUT2D eigenvalue weighted by atomic mass is 10.3. The van der Waals surface area contributed by atoms with Crippen molar-refractivity contribution in [3.8, 4) is 0 Å². The summed E-state index contributed by atoms with van der Waals surface area (Å²) in [5.74, 6) is -1.21. The highest BCUT2D eigenvalue weighted by atomic mass is 32.1. The van der Waals surface area contributed by atoms with E-state index in [1.807, 2.05) is 0 Å². The molecule has 5 nitrogen and oxygen atoms in total. The molecule has 7 heteroatoms. The van der Waals surface area contributed by atoms with Crippen LogP contribution >= 0.6 is 11.3 Å². The summed E-state index contributed by atoms with van der Waals surface area (Å²) in [5.41, 5.74) is 0.580. The number of benzene rings is 1. The van der Waals surface area contributed by atoms with Gasteiger partial charge in [0, 0.05) is 12.1 Å². The van der Waals surface area contributed by atoms with E-state index in [2.05, 4.69) is 15.5 Å². The number of nitrogens with zero attached hydrogens (tertiary/aromatic N) is 2. The molecule has 2 N–H and O–H groups in total. The number of hydrogen-bond donors (Lipinski definition) is 2. The van der Waals surface area contributed by atoms with Crippen LogP contribution in [0.3, 0.4) is 0 Å². The van der Waals surface area contributed by atoms with Crippen molar-refractivity contribution in [3.05, 3.63) is 35.1 Å². The van der Waals surface area contributed by atoms with Gasteiger partial charge in [-0.05, 0) is 18.2 Å². The normalized spacial score (nSPS) is 10.3. The predicted molar refractivity (Wildman–Crippen MR) is 65.5 cm³/mol. The zero-order valence-corrected chi connectivity index (χ0v) is 10.1. The summed E-state index contributed by atoms with van der Waals surface area (Å²) in [4.78, 5) is 10.4. The van der Waals surface area contributed by atoms with E-state index in [-0.39, 0.29) is 12.2 Å². The van der Waals surface area contributed by atoms with Crippen LogP contribution < -0.4 is 5.32 Å². The van der Waals surface area contributed by atoms with Crippen LogP contribution in [0.25, 0.3) is 0 Å². The largest absolute Gasteiger partial charge is 0.481 e. The number of aliphatic carboxylic acids is 1. The van der Waals surface area contributed by atoms with Crippen molar-refractivity contribution in [1.82, 2.24) is 10.2 Å². The molecule has 18 heavy (non-hydrogen) atoms. The maximum absolute atomic E-state index is 12.9. The van der Waals surface area contributed by atoms with Crippen molar-refractivity contribution in [2.45, 2.75) is 12.8 Å². The molecule has 0 saturated carbocycles. The first-order valence-corrected chi connectivity index (χ1v) is 6.02. The van der Waals surface area contributed by atoms with Gasteiger partial charge in [0.1, 0.15) is 10.8 Å². The number of nitrogens with one attached hydrogen (secondary N) is 1. The van der Waals surface area contributed by atoms with Gasteiger partial charge < -0.3 is 10.4 Å². The summed E-state index contributed by atoms with van der Waals surface area (Å²) >= 11 is 1.26. The van der Waals surface area contributed by atoms with E-state index in [4.69, 9.17) is 5.11 Å². The number of carboxylic acids is 1. The first-order valence-electron chi connectivity index (χ1n) is 5.20. The maximum Gasteiger partial charge on any atom is 0.303 e. The summed E-state index contributed by atoms with van der Waals surface area (Å²) in [6.07, 6.45) is 0.367. The molecule has 2 aromatic rings. The van der Waals surface area contributed by atoms with E-state index in [0.29, 0.717) is 22.2 Å². The van der Waals surface area contributed by atoms with Gasteiger partial charge in [0.2, 0.25) is 5.13 Å². The second-order valence-electron chi connectivity index (χ2n) is 3.53. The molecule has 0 aliphatic heterocycles. The van der Waals surface area contributed by atoms with Gasteiger partial charge in [-0.2, -0.15) is 0 Å². The molecule has 0 unspecified atom stereocenters. The molecule has 0 saturated heterocycles. The summed E-state index contributed by atoms with van der Waals surface area (Å²) in [5, 5.41) is 20.3. The minimum Gasteiger partial charge on any atom is -0.481 e. The summed E-state index contributed by atoms with van der Waals surface area (Å²) < 4.78 is 12.9. The third-order valence-electron chi connectivity index (χ3n) is 2.10. The zero-order valence-electron chi connectivity index (χ0n) is 9.26. The van der Waals surface area contributed by atoms with E-state index in [1.54, 1.807) is 12.1 Å². The molecule has 0 atom stereocenters. The van der Waals surface area contributed by atoms with Crippen LogP contribution in [-0.4, -0.2) is 21.3 Å². The molecule has 94 valence electrons. The van der Waals surface area contributed by atoms with Gasteiger partial charge in [-0.25, -0.2) is 4.39 Å². The van der Waals surface area contributed by atoms with Crippen molar-refractivity contribution in [2.75, 3.05) is 5.32 Å². The quantitative estimate of drug-likeness (QED) is 0.870. The lowest BCUT2D eigenvalue weighted by Gasteiger charge is -2.00. The molecule has 0 radical (unpaired) electrons. The number of carbonyl (C=O) groups is 1. The van der Waals surface area contributed by atoms with E-state index in [9.17, 15) is 9.18 Å². The van der Waals surface area contributed by atoms with Crippen LogP contribution in [0, 0.1) is 5.82 Å². The number of anilines is 2. The van der Waals surface area contributed by atoms with E-state index >= 15 is 0 Å². The van der Waals surface area contributed by atoms with E-state index in [1.165, 1.54) is 23.5 Å². The fourth-order valence-corrected chi connectivity index (χ4v) is 2.07. The fraction of sp³-hybridized carbons (Fsp3) is 0.182. The van der Waals surface area contributed by atoms with Gasteiger partial charge in [0.25, 0.3) is 0 Å². The third-order valence-corrected chi connectivity index (χ3v) is 2.99. The summed E-state index contributed by atoms with van der Waals surface area (Å²) in [7, 11) is 0. The second kappa shape index (κ2) is 5.54. The second-order valence-corrected chi connectivity index (χ2v) is 4.59. The van der Waals surface area contributed by atoms with Gasteiger partial charge in [-0.3, -0.25) is 4.79 Å². The smallest absolute Gasteiger partial charge is 0.303 e. The maximum atomic E-state index is 12.9. The third kappa shape index (κ3) is 3.49. The molecule has 1 aromatic carbocycles. The first-order chi connectivity index (χ1) is 8.63. The molecule has 1 heterocycles. The summed E-state index contributed by atoms with van der Waals surface area (Å²) in [6.45, 7) is 0. The lowest BCUT2D eigenvalue weighted by molar-refractivity contribution is -0.136. The van der Waals surface area contributed by atoms with Crippen LogP contribution in [0.5, 0.6) is 0 Å². The topological polar surface area (TPSA) is 75.1 Å². The molecule has 0 aliphatic carbocycles. The van der Waals surface area contributed by atoms with Crippen LogP contribution in [-0.2, 0) is 11.2 Å². The Kier molecular flexibility index (Phi) is 3.83. The van der Waals surface area contributed by atoms with Crippen molar-refractivity contribution in [2.24, 2.45) is 0 Å². The minimum atomic E-state index is -0.871. The highest BCUT2D eigenvalue weighted by Gasteiger charge is 2.06. The standard InChI is InChI=1S/C11H10FN3O2S/c12-7-2-1-3-8(6-7)13-11-15-14-9(18-11)4-5-10(16)17/h1-3,6H,4-5H2,(H,13,15)(H,16,17). The summed E-state index contributed by atoms with van der Waals surface area (Å²) in [6, 6.07) is 5.99. The van der Waals surface area contributed by atoms with Gasteiger partial charge in [-0.1, -0.05) is 17.4 Å². The zero-order chi connectivity index (χ0) is 13.0. The van der Waals surface area contributed by atoms with Gasteiger partial charge in [0.05, 0.1) is 6.42 Å². The SMILES string of the molecule is O=C(O)CCc1nnc(Nc2cccc(F)c2)s1. The average molecular weight is 267 g/mol. The molecular weight excluding hydrogens is 257 g/mol. The molecule has 0 fully saturated rings. The first kappa shape index (κ1) is 12.4. The van der Waals surface area contributed by atoms with E-state index < -0.39 is 5.97 Å². The number of carboxylic acid groups (broad SMARTS) is 1. The van der Waals surface area contributed by atoms with Crippen LogP contribution in [0.2, 0.25) is 0 Å². The molecule has 0 spiro atoms. The number of rotatable bonds is 5. The Hall–Kier alpha value is -2.02. The van der Waals surface area contributed by atoms with Crippen molar-refractivity contribution < 1.29 is 14.3 Å². The van der Waals surface area contributed by atoms with Gasteiger partial charge in [-0.15, -0.1) is 10.2 Å². The molecule has 0 amide bonds. The Balaban J connectivity index is 2.00.